The first-order valence-corrected chi connectivity index (χ1v) is 7.53. The molecule has 3 N–H and O–H groups in total. The van der Waals surface area contributed by atoms with Crippen LogP contribution in [0.25, 0.3) is 0 Å². The van der Waals surface area contributed by atoms with Crippen molar-refractivity contribution in [2.24, 2.45) is 5.41 Å². The van der Waals surface area contributed by atoms with Crippen LogP contribution in [0.4, 0.5) is 0 Å². The van der Waals surface area contributed by atoms with Gasteiger partial charge in [0.05, 0.1) is 0 Å². The van der Waals surface area contributed by atoms with Crippen molar-refractivity contribution in [3.8, 4) is 0 Å². The maximum absolute atomic E-state index is 3.63. The van der Waals surface area contributed by atoms with Gasteiger partial charge in [-0.2, -0.15) is 0 Å². The average Bonchev–Trinajstić information content (AvgIpc) is 2.38. The summed E-state index contributed by atoms with van der Waals surface area (Å²) in [7, 11) is 0. The summed E-state index contributed by atoms with van der Waals surface area (Å²) in [5.74, 6) is 0. The molecule has 0 aromatic heterocycles. The first kappa shape index (κ1) is 14.3. The molecule has 1 unspecified atom stereocenters. The highest BCUT2D eigenvalue weighted by molar-refractivity contribution is 4.83. The normalized spacial score (nSPS) is 27.3. The second-order valence-electron chi connectivity index (χ2n) is 6.57. The van der Waals surface area contributed by atoms with Crippen LogP contribution in [-0.4, -0.2) is 63.3 Å². The Morgan fingerprint density at radius 2 is 1.83 bits per heavy atom. The number of hydrogen-bond donors (Lipinski definition) is 3. The quantitative estimate of drug-likeness (QED) is 0.658. The molecule has 2 saturated heterocycles. The molecule has 0 aromatic carbocycles. The van der Waals surface area contributed by atoms with Crippen molar-refractivity contribution < 1.29 is 0 Å². The molecule has 2 aliphatic heterocycles. The summed E-state index contributed by atoms with van der Waals surface area (Å²) in [6.45, 7) is 14.3. The highest BCUT2D eigenvalue weighted by atomic mass is 15.2. The van der Waals surface area contributed by atoms with Crippen molar-refractivity contribution >= 4 is 0 Å². The van der Waals surface area contributed by atoms with Crippen molar-refractivity contribution in [3.63, 3.8) is 0 Å². The molecule has 0 spiro atoms. The second-order valence-corrected chi connectivity index (χ2v) is 6.57. The van der Waals surface area contributed by atoms with Crippen LogP contribution in [0.1, 0.15) is 26.7 Å². The second kappa shape index (κ2) is 6.85. The third kappa shape index (κ3) is 4.84. The van der Waals surface area contributed by atoms with Crippen molar-refractivity contribution in [2.45, 2.75) is 32.7 Å². The standard InChI is InChI=1S/C14H30N4/c1-14(2,11-13-12-16-4-5-17-13)3-8-18-9-6-15-7-10-18/h13,15-17H,3-12H2,1-2H3. The Kier molecular flexibility index (Phi) is 5.42. The van der Waals surface area contributed by atoms with Crippen molar-refractivity contribution in [1.82, 2.24) is 20.9 Å². The first-order chi connectivity index (χ1) is 8.66. The van der Waals surface area contributed by atoms with Gasteiger partial charge in [0.2, 0.25) is 0 Å². The molecular weight excluding hydrogens is 224 g/mol. The zero-order chi connectivity index (χ0) is 12.8. The Bertz CT molecular complexity index is 230. The molecule has 0 bridgehead atoms. The molecule has 0 radical (unpaired) electrons. The van der Waals surface area contributed by atoms with Gasteiger partial charge in [-0.05, 0) is 24.8 Å². The summed E-state index contributed by atoms with van der Waals surface area (Å²) >= 11 is 0. The van der Waals surface area contributed by atoms with Gasteiger partial charge in [-0.25, -0.2) is 0 Å². The molecule has 1 atom stereocenters. The maximum atomic E-state index is 3.63. The predicted molar refractivity (Wildman–Crippen MR) is 77.0 cm³/mol. The van der Waals surface area contributed by atoms with Gasteiger partial charge in [0.15, 0.2) is 0 Å². The zero-order valence-electron chi connectivity index (χ0n) is 12.1. The third-order valence-corrected chi connectivity index (χ3v) is 4.24. The van der Waals surface area contributed by atoms with Crippen LogP contribution in [0, 0.1) is 5.41 Å². The lowest BCUT2D eigenvalue weighted by Crippen LogP contribution is -2.50. The van der Waals surface area contributed by atoms with Gasteiger partial charge < -0.3 is 20.9 Å². The van der Waals surface area contributed by atoms with E-state index in [-0.39, 0.29) is 0 Å². The lowest BCUT2D eigenvalue weighted by Gasteiger charge is -2.35. The van der Waals surface area contributed by atoms with Crippen LogP contribution in [-0.2, 0) is 0 Å². The van der Waals surface area contributed by atoms with E-state index in [0.29, 0.717) is 11.5 Å². The number of piperazine rings is 2. The molecule has 0 aliphatic carbocycles. The van der Waals surface area contributed by atoms with Crippen molar-refractivity contribution in [1.29, 1.82) is 0 Å². The molecule has 4 heteroatoms. The third-order valence-electron chi connectivity index (χ3n) is 4.24. The lowest BCUT2D eigenvalue weighted by molar-refractivity contribution is 0.177. The largest absolute Gasteiger partial charge is 0.314 e. The monoisotopic (exact) mass is 254 g/mol. The van der Waals surface area contributed by atoms with Crippen LogP contribution < -0.4 is 16.0 Å². The van der Waals surface area contributed by atoms with Crippen molar-refractivity contribution in [3.05, 3.63) is 0 Å². The molecule has 2 aliphatic rings. The molecule has 2 rings (SSSR count). The predicted octanol–water partition coefficient (Wildman–Crippen LogP) is 0.259. The summed E-state index contributed by atoms with van der Waals surface area (Å²) in [6, 6.07) is 0.664. The number of rotatable bonds is 5. The zero-order valence-corrected chi connectivity index (χ0v) is 12.1. The minimum Gasteiger partial charge on any atom is -0.314 e. The molecule has 0 aromatic rings. The Morgan fingerprint density at radius 3 is 2.50 bits per heavy atom. The van der Waals surface area contributed by atoms with Gasteiger partial charge in [-0.3, -0.25) is 0 Å². The Labute approximate surface area is 112 Å². The van der Waals surface area contributed by atoms with Crippen LogP contribution >= 0.6 is 0 Å². The van der Waals surface area contributed by atoms with Crippen LogP contribution in [0.3, 0.4) is 0 Å². The number of hydrogen-bond acceptors (Lipinski definition) is 4. The molecular formula is C14H30N4. The van der Waals surface area contributed by atoms with E-state index in [9.17, 15) is 0 Å². The van der Waals surface area contributed by atoms with E-state index in [1.807, 2.05) is 0 Å². The van der Waals surface area contributed by atoms with Crippen LogP contribution in [0.15, 0.2) is 0 Å². The molecule has 0 amide bonds. The molecule has 4 nitrogen and oxygen atoms in total. The highest BCUT2D eigenvalue weighted by Crippen LogP contribution is 2.27. The summed E-state index contributed by atoms with van der Waals surface area (Å²) in [4.78, 5) is 2.60. The van der Waals surface area contributed by atoms with Crippen molar-refractivity contribution in [2.75, 3.05) is 52.4 Å². The highest BCUT2D eigenvalue weighted by Gasteiger charge is 2.25. The molecule has 0 saturated carbocycles. The van der Waals surface area contributed by atoms with E-state index in [1.54, 1.807) is 0 Å². The smallest absolute Gasteiger partial charge is 0.0198 e. The first-order valence-electron chi connectivity index (χ1n) is 7.53. The van der Waals surface area contributed by atoms with E-state index in [0.717, 1.165) is 32.7 Å². The lowest BCUT2D eigenvalue weighted by atomic mass is 9.82. The number of nitrogens with one attached hydrogen (secondary N) is 3. The average molecular weight is 254 g/mol. The van der Waals surface area contributed by atoms with Gasteiger partial charge in [-0.15, -0.1) is 0 Å². The summed E-state index contributed by atoms with van der Waals surface area (Å²) in [5, 5.41) is 10.5. The topological polar surface area (TPSA) is 39.3 Å². The Morgan fingerprint density at radius 1 is 1.06 bits per heavy atom. The van der Waals surface area contributed by atoms with Gasteiger partial charge in [0.1, 0.15) is 0 Å². The Balaban J connectivity index is 1.68. The van der Waals surface area contributed by atoms with Gasteiger partial charge in [0.25, 0.3) is 0 Å². The van der Waals surface area contributed by atoms with E-state index in [1.165, 1.54) is 32.5 Å². The summed E-state index contributed by atoms with van der Waals surface area (Å²) in [6.07, 6.45) is 2.59. The fourth-order valence-corrected chi connectivity index (χ4v) is 3.02. The Hall–Kier alpha value is -0.160. The summed E-state index contributed by atoms with van der Waals surface area (Å²) in [5.41, 5.74) is 0.446. The fourth-order valence-electron chi connectivity index (χ4n) is 3.02. The molecule has 2 heterocycles. The maximum Gasteiger partial charge on any atom is 0.0198 e. The molecule has 106 valence electrons. The SMILES string of the molecule is CC(C)(CCN1CCNCC1)CC1CNCCN1. The minimum atomic E-state index is 0.446. The van der Waals surface area contributed by atoms with Gasteiger partial charge in [-0.1, -0.05) is 13.8 Å². The summed E-state index contributed by atoms with van der Waals surface area (Å²) < 4.78 is 0. The van der Waals surface area contributed by atoms with E-state index < -0.39 is 0 Å². The number of nitrogens with zero attached hydrogens (tertiary/aromatic N) is 1. The van der Waals surface area contributed by atoms with Gasteiger partial charge in [0, 0.05) is 51.9 Å². The van der Waals surface area contributed by atoms with E-state index in [2.05, 4.69) is 34.7 Å². The minimum absolute atomic E-state index is 0.446. The van der Waals surface area contributed by atoms with E-state index in [4.69, 9.17) is 0 Å². The fraction of sp³-hybridized carbons (Fsp3) is 1.00. The molecule has 2 fully saturated rings. The van der Waals surface area contributed by atoms with E-state index >= 15 is 0 Å². The van der Waals surface area contributed by atoms with Crippen LogP contribution in [0.5, 0.6) is 0 Å². The van der Waals surface area contributed by atoms with Crippen LogP contribution in [0.2, 0.25) is 0 Å². The molecule has 18 heavy (non-hydrogen) atoms. The van der Waals surface area contributed by atoms with Gasteiger partial charge >= 0.3 is 0 Å².